The Morgan fingerprint density at radius 1 is 1.21 bits per heavy atom. The molecule has 1 N–H and O–H groups in total. The van der Waals surface area contributed by atoms with Crippen molar-refractivity contribution in [3.05, 3.63) is 68.4 Å². The Bertz CT molecular complexity index is 1800. The average molecular weight is 612 g/mol. The first-order valence-electron chi connectivity index (χ1n) is 13.6. The van der Waals surface area contributed by atoms with Gasteiger partial charge in [0.1, 0.15) is 33.5 Å². The van der Waals surface area contributed by atoms with Gasteiger partial charge in [0.2, 0.25) is 5.91 Å². The van der Waals surface area contributed by atoms with Crippen LogP contribution in [0.3, 0.4) is 0 Å². The number of nitrogens with zero attached hydrogens (tertiary/aromatic N) is 6. The van der Waals surface area contributed by atoms with Crippen molar-refractivity contribution >= 4 is 27.5 Å². The molecular weight excluding hydrogens is 577 g/mol. The van der Waals surface area contributed by atoms with E-state index in [2.05, 4.69) is 21.6 Å². The van der Waals surface area contributed by atoms with Crippen LogP contribution in [0.25, 0.3) is 15.2 Å². The van der Waals surface area contributed by atoms with Crippen molar-refractivity contribution in [3.8, 4) is 16.8 Å². The highest BCUT2D eigenvalue weighted by Crippen LogP contribution is 2.35. The van der Waals surface area contributed by atoms with Crippen molar-refractivity contribution in [1.29, 1.82) is 5.26 Å². The molecular formula is C29H34FN7O5S. The van der Waals surface area contributed by atoms with Crippen LogP contribution in [0.1, 0.15) is 57.9 Å². The van der Waals surface area contributed by atoms with Crippen molar-refractivity contribution in [3.63, 3.8) is 0 Å². The lowest BCUT2D eigenvalue weighted by Gasteiger charge is -2.26. The highest BCUT2D eigenvalue weighted by atomic mass is 32.1. The van der Waals surface area contributed by atoms with E-state index in [4.69, 9.17) is 9.47 Å². The first-order chi connectivity index (χ1) is 20.3. The fourth-order valence-corrected chi connectivity index (χ4v) is 5.81. The van der Waals surface area contributed by atoms with Gasteiger partial charge in [0, 0.05) is 17.2 Å². The molecule has 0 bridgehead atoms. The van der Waals surface area contributed by atoms with Gasteiger partial charge in [-0.3, -0.25) is 14.2 Å². The number of aryl methyl sites for hydroxylation is 1. The monoisotopic (exact) mass is 611 g/mol. The van der Waals surface area contributed by atoms with Gasteiger partial charge in [-0.05, 0) is 59.7 Å². The Morgan fingerprint density at radius 3 is 2.49 bits per heavy atom. The molecule has 3 aromatic heterocycles. The molecule has 1 amide bonds. The number of rotatable bonds is 11. The maximum atomic E-state index is 14.5. The summed E-state index contributed by atoms with van der Waals surface area (Å²) in [5, 5.41) is 21.5. The summed E-state index contributed by atoms with van der Waals surface area (Å²) in [6.07, 6.45) is 1.99. The molecule has 0 aliphatic carbocycles. The zero-order chi connectivity index (χ0) is 31.6. The van der Waals surface area contributed by atoms with Crippen LogP contribution in [0.2, 0.25) is 0 Å². The lowest BCUT2D eigenvalue weighted by Crippen LogP contribution is -2.47. The molecule has 2 atom stereocenters. The number of benzene rings is 1. The third-order valence-corrected chi connectivity index (χ3v) is 8.13. The lowest BCUT2D eigenvalue weighted by molar-refractivity contribution is -0.124. The fourth-order valence-electron chi connectivity index (χ4n) is 4.59. The number of carbonyl (C=O) groups is 1. The molecule has 0 unspecified atom stereocenters. The predicted molar refractivity (Wildman–Crippen MR) is 159 cm³/mol. The van der Waals surface area contributed by atoms with Crippen LogP contribution in [-0.2, 0) is 16.1 Å². The second-order valence-corrected chi connectivity index (χ2v) is 12.1. The summed E-state index contributed by atoms with van der Waals surface area (Å²) < 4.78 is 28.5. The van der Waals surface area contributed by atoms with E-state index in [9.17, 15) is 24.0 Å². The molecule has 0 spiro atoms. The number of nitrogens with one attached hydrogen (secondary N) is 1. The largest absolute Gasteiger partial charge is 0.496 e. The Kier molecular flexibility index (Phi) is 9.17. The third-order valence-electron chi connectivity index (χ3n) is 6.85. The summed E-state index contributed by atoms with van der Waals surface area (Å²) in [5.74, 6) is -0.742. The highest BCUT2D eigenvalue weighted by molar-refractivity contribution is 7.21. The van der Waals surface area contributed by atoms with Crippen molar-refractivity contribution < 1.29 is 18.7 Å². The van der Waals surface area contributed by atoms with Crippen LogP contribution < -0.4 is 21.3 Å². The summed E-state index contributed by atoms with van der Waals surface area (Å²) in [5.41, 5.74) is -1.47. The second kappa shape index (κ2) is 12.5. The SMILES string of the molecule is COc1ccc(F)cc1[C@H](Cn1c(=O)n([C@@H](C)C(=O)NC(C)C)c(=O)c2c(C)c(-n3nccn3)sc21)OCC(C)(C)C#N. The van der Waals surface area contributed by atoms with Crippen LogP contribution in [0, 0.1) is 29.5 Å². The van der Waals surface area contributed by atoms with Crippen molar-refractivity contribution in [1.82, 2.24) is 29.4 Å². The Balaban J connectivity index is 2.00. The van der Waals surface area contributed by atoms with Gasteiger partial charge in [0.15, 0.2) is 0 Å². The molecule has 228 valence electrons. The van der Waals surface area contributed by atoms with E-state index in [0.717, 1.165) is 15.9 Å². The Morgan fingerprint density at radius 2 is 1.88 bits per heavy atom. The number of ether oxygens (including phenoxy) is 2. The first kappa shape index (κ1) is 31.6. The van der Waals surface area contributed by atoms with Gasteiger partial charge in [-0.2, -0.15) is 15.5 Å². The van der Waals surface area contributed by atoms with Crippen molar-refractivity contribution in [2.45, 2.75) is 66.3 Å². The molecule has 0 aliphatic rings. The minimum absolute atomic E-state index is 0.0511. The minimum atomic E-state index is -1.15. The van der Waals surface area contributed by atoms with Crippen molar-refractivity contribution in [2.75, 3.05) is 13.7 Å². The van der Waals surface area contributed by atoms with Crippen LogP contribution in [0.5, 0.6) is 5.75 Å². The number of thiophene rings is 1. The van der Waals surface area contributed by atoms with E-state index in [1.807, 2.05) is 0 Å². The molecule has 4 aromatic rings. The molecule has 0 radical (unpaired) electrons. The van der Waals surface area contributed by atoms with Crippen molar-refractivity contribution in [2.24, 2.45) is 5.41 Å². The summed E-state index contributed by atoms with van der Waals surface area (Å²) in [6, 6.07) is 4.74. The first-order valence-corrected chi connectivity index (χ1v) is 14.4. The molecule has 4 rings (SSSR count). The molecule has 43 heavy (non-hydrogen) atoms. The quantitative estimate of drug-likeness (QED) is 0.270. The average Bonchev–Trinajstić information content (AvgIpc) is 3.60. The number of hydrogen-bond acceptors (Lipinski definition) is 9. The van der Waals surface area contributed by atoms with E-state index < -0.39 is 40.5 Å². The summed E-state index contributed by atoms with van der Waals surface area (Å²) in [7, 11) is 1.43. The molecule has 0 saturated heterocycles. The number of fused-ring (bicyclic) bond motifs is 1. The number of halogens is 1. The number of carbonyl (C=O) groups excluding carboxylic acids is 1. The number of amides is 1. The Labute approximate surface area is 251 Å². The lowest BCUT2D eigenvalue weighted by atomic mass is 9.97. The number of methoxy groups -OCH3 is 1. The highest BCUT2D eigenvalue weighted by Gasteiger charge is 2.30. The molecule has 14 heteroatoms. The minimum Gasteiger partial charge on any atom is -0.496 e. The molecule has 0 aliphatic heterocycles. The topological polar surface area (TPSA) is 146 Å². The molecule has 3 heterocycles. The predicted octanol–water partition coefficient (Wildman–Crippen LogP) is 3.65. The maximum absolute atomic E-state index is 14.5. The molecule has 1 aromatic carbocycles. The van der Waals surface area contributed by atoms with E-state index >= 15 is 0 Å². The summed E-state index contributed by atoms with van der Waals surface area (Å²) in [6.45, 7) is 9.89. The molecule has 12 nitrogen and oxygen atoms in total. The van der Waals surface area contributed by atoms with Gasteiger partial charge in [0.25, 0.3) is 5.56 Å². The van der Waals surface area contributed by atoms with E-state index in [-0.39, 0.29) is 24.6 Å². The molecule has 0 fully saturated rings. The Hall–Kier alpha value is -4.35. The van der Waals surface area contributed by atoms with Gasteiger partial charge in [-0.15, -0.1) is 4.80 Å². The van der Waals surface area contributed by atoms with Gasteiger partial charge in [0.05, 0.1) is 49.5 Å². The fraction of sp³-hybridized carbons (Fsp3) is 0.448. The van der Waals surface area contributed by atoms with Gasteiger partial charge in [-0.1, -0.05) is 11.3 Å². The van der Waals surface area contributed by atoms with Gasteiger partial charge >= 0.3 is 5.69 Å². The van der Waals surface area contributed by atoms with Crippen LogP contribution in [0.4, 0.5) is 4.39 Å². The zero-order valence-corrected chi connectivity index (χ0v) is 25.9. The second-order valence-electron chi connectivity index (χ2n) is 11.1. The van der Waals surface area contributed by atoms with E-state index in [1.54, 1.807) is 34.6 Å². The normalized spacial score (nSPS) is 13.2. The number of aromatic nitrogens is 5. The number of hydrogen-bond donors (Lipinski definition) is 1. The summed E-state index contributed by atoms with van der Waals surface area (Å²) in [4.78, 5) is 42.8. The third kappa shape index (κ3) is 6.37. The molecule has 0 saturated carbocycles. The summed E-state index contributed by atoms with van der Waals surface area (Å²) >= 11 is 1.13. The maximum Gasteiger partial charge on any atom is 0.332 e. The standard InChI is InChI=1S/C29H34FN7O5S/c1-16(2)34-24(38)18(4)36-25(39)23-17(3)26(37-32-10-11-33-37)43-27(23)35(28(36)40)13-22(42-15-29(5,6)14-31)20-12-19(30)8-9-21(20)41-7/h8-12,16,18,22H,13,15H2,1-7H3,(H,34,38)/t18-,22-/m0/s1. The van der Waals surface area contributed by atoms with Crippen LogP contribution in [-0.4, -0.2) is 49.8 Å². The zero-order valence-electron chi connectivity index (χ0n) is 25.0. The van der Waals surface area contributed by atoms with Crippen LogP contribution in [0.15, 0.2) is 40.2 Å². The van der Waals surface area contributed by atoms with E-state index in [0.29, 0.717) is 26.7 Å². The van der Waals surface area contributed by atoms with Crippen LogP contribution >= 0.6 is 11.3 Å². The van der Waals surface area contributed by atoms with Gasteiger partial charge in [-0.25, -0.2) is 13.8 Å². The smallest absolute Gasteiger partial charge is 0.332 e. The van der Waals surface area contributed by atoms with Gasteiger partial charge < -0.3 is 14.8 Å². The van der Waals surface area contributed by atoms with E-state index in [1.165, 1.54) is 54.0 Å². The number of nitriles is 1.